The second-order valence-corrected chi connectivity index (χ2v) is 17.5. The summed E-state index contributed by atoms with van der Waals surface area (Å²) in [5.74, 6) is -1.26. The van der Waals surface area contributed by atoms with Crippen molar-refractivity contribution in [3.05, 3.63) is 42.3 Å². The molecule has 16 heteroatoms. The Kier molecular flexibility index (Phi) is 12.0. The van der Waals surface area contributed by atoms with Crippen LogP contribution in [0.25, 0.3) is 22.3 Å². The molecule has 0 spiro atoms. The molecule has 1 aliphatic heterocycles. The number of aromatic nitrogens is 2. The van der Waals surface area contributed by atoms with Crippen LogP contribution >= 0.6 is 11.3 Å². The molecule has 2 unspecified atom stereocenters. The number of anilines is 1. The molecule has 3 heterocycles. The molecule has 0 bridgehead atoms. The first-order valence-corrected chi connectivity index (χ1v) is 19.4. The molecule has 1 aliphatic carbocycles. The maximum absolute atomic E-state index is 14.7. The smallest absolute Gasteiger partial charge is 0.332 e. The number of urea groups is 1. The summed E-state index contributed by atoms with van der Waals surface area (Å²) >= 11 is 1.25. The zero-order valence-corrected chi connectivity index (χ0v) is 34.5. The molecule has 2 aliphatic rings. The standard InChI is InChI=1S/C40H53N7O8S/c1-12-23-18-40(23,35(51)54-11)46-33(49)30-16-25(19-47(30)34(50)32(39(7,8)9)45-36(52)41-21(2)38(4,5)6)55-31-17-28(29-20-56-37(44-29)42-22(3)48)43-27-15-24(53-10)13-14-26(27)31/h12-15,17,20-21,23,25,30,32H,1,16,18-19H2,2-11H3,(H,46,49)(H2,41,45,52)(H,42,44,48)/t21?,23-,25?,30-,32+,40+/m0/s1. The van der Waals surface area contributed by atoms with E-state index in [2.05, 4.69) is 32.8 Å². The highest BCUT2D eigenvalue weighted by Crippen LogP contribution is 2.46. The molecule has 15 nitrogen and oxygen atoms in total. The summed E-state index contributed by atoms with van der Waals surface area (Å²) in [7, 11) is 2.81. The number of rotatable bonds is 12. The summed E-state index contributed by atoms with van der Waals surface area (Å²) < 4.78 is 17.2. The number of likely N-dealkylation sites (tertiary alicyclic amines) is 1. The number of carbonyl (C=O) groups is 5. The minimum Gasteiger partial charge on any atom is -0.497 e. The number of pyridine rings is 1. The van der Waals surface area contributed by atoms with E-state index in [1.165, 1.54) is 30.3 Å². The minimum atomic E-state index is -1.30. The highest BCUT2D eigenvalue weighted by atomic mass is 32.1. The SMILES string of the molecule is C=C[C@H]1C[C@]1(NC(=O)[C@@H]1CC(Oc2cc(-c3csc(NC(C)=O)n3)nc3cc(OC)ccc23)CN1C(=O)[C@@H](NC(=O)NC(C)C(C)(C)C)C(C)(C)C)C(=O)OC. The van der Waals surface area contributed by atoms with Gasteiger partial charge in [-0.25, -0.2) is 19.6 Å². The Morgan fingerprint density at radius 1 is 1.02 bits per heavy atom. The van der Waals surface area contributed by atoms with Gasteiger partial charge >= 0.3 is 12.0 Å². The van der Waals surface area contributed by atoms with Gasteiger partial charge in [-0.15, -0.1) is 17.9 Å². The van der Waals surface area contributed by atoms with E-state index in [4.69, 9.17) is 19.2 Å². The van der Waals surface area contributed by atoms with Crippen molar-refractivity contribution in [2.45, 2.75) is 98.0 Å². The van der Waals surface area contributed by atoms with Gasteiger partial charge in [0.1, 0.15) is 40.9 Å². The molecule has 4 N–H and O–H groups in total. The van der Waals surface area contributed by atoms with Crippen LogP contribution < -0.4 is 30.7 Å². The van der Waals surface area contributed by atoms with Crippen LogP contribution in [0.3, 0.4) is 0 Å². The molecule has 1 saturated heterocycles. The summed E-state index contributed by atoms with van der Waals surface area (Å²) in [5.41, 5.74) is -0.798. The third-order valence-corrected chi connectivity index (χ3v) is 11.2. The van der Waals surface area contributed by atoms with Gasteiger partial charge in [-0.3, -0.25) is 14.4 Å². The van der Waals surface area contributed by atoms with Crippen LogP contribution in [-0.4, -0.2) is 95.1 Å². The zero-order valence-electron chi connectivity index (χ0n) is 33.7. The number of ether oxygens (including phenoxy) is 3. The molecule has 2 aromatic heterocycles. The lowest BCUT2D eigenvalue weighted by molar-refractivity contribution is -0.148. The number of hydrogen-bond acceptors (Lipinski definition) is 11. The van der Waals surface area contributed by atoms with Crippen molar-refractivity contribution in [1.82, 2.24) is 30.8 Å². The lowest BCUT2D eigenvalue weighted by Gasteiger charge is -2.36. The van der Waals surface area contributed by atoms with E-state index < -0.39 is 53.0 Å². The van der Waals surface area contributed by atoms with Crippen LogP contribution in [0.2, 0.25) is 0 Å². The van der Waals surface area contributed by atoms with Crippen molar-refractivity contribution >= 4 is 57.1 Å². The normalized spacial score (nSPS) is 21.7. The van der Waals surface area contributed by atoms with Crippen molar-refractivity contribution < 1.29 is 38.2 Å². The fraction of sp³-hybridized carbons (Fsp3) is 0.525. The summed E-state index contributed by atoms with van der Waals surface area (Å²) in [6.07, 6.45) is 1.26. The van der Waals surface area contributed by atoms with Crippen LogP contribution in [0.1, 0.15) is 68.2 Å². The van der Waals surface area contributed by atoms with Crippen LogP contribution in [0.15, 0.2) is 42.3 Å². The van der Waals surface area contributed by atoms with E-state index in [0.717, 1.165) is 0 Å². The number of nitrogens with zero attached hydrogens (tertiary/aromatic N) is 3. The van der Waals surface area contributed by atoms with Crippen LogP contribution in [0, 0.1) is 16.7 Å². The Labute approximate surface area is 331 Å². The van der Waals surface area contributed by atoms with Gasteiger partial charge in [-0.2, -0.15) is 0 Å². The molecule has 302 valence electrons. The highest BCUT2D eigenvalue weighted by Gasteiger charge is 2.62. The first-order valence-electron chi connectivity index (χ1n) is 18.5. The molecule has 1 aromatic carbocycles. The van der Waals surface area contributed by atoms with Gasteiger partial charge in [-0.1, -0.05) is 47.6 Å². The zero-order chi connectivity index (χ0) is 41.3. The van der Waals surface area contributed by atoms with Crippen molar-refractivity contribution in [3.63, 3.8) is 0 Å². The van der Waals surface area contributed by atoms with Gasteiger partial charge in [0, 0.05) is 48.2 Å². The number of carbonyl (C=O) groups excluding carboxylic acids is 5. The molecule has 2 fully saturated rings. The first kappa shape index (κ1) is 41.9. The van der Waals surface area contributed by atoms with Crippen molar-refractivity contribution in [3.8, 4) is 22.9 Å². The summed E-state index contributed by atoms with van der Waals surface area (Å²) in [6, 6.07) is 4.23. The van der Waals surface area contributed by atoms with E-state index in [1.807, 2.05) is 54.5 Å². The third-order valence-electron chi connectivity index (χ3n) is 10.4. The molecule has 56 heavy (non-hydrogen) atoms. The monoisotopic (exact) mass is 791 g/mol. The summed E-state index contributed by atoms with van der Waals surface area (Å²) in [4.78, 5) is 77.7. The largest absolute Gasteiger partial charge is 0.497 e. The second-order valence-electron chi connectivity index (χ2n) is 16.6. The third kappa shape index (κ3) is 9.06. The lowest BCUT2D eigenvalue weighted by Crippen LogP contribution is -2.61. The van der Waals surface area contributed by atoms with Gasteiger partial charge in [0.2, 0.25) is 17.7 Å². The average molecular weight is 792 g/mol. The predicted molar refractivity (Wildman–Crippen MR) is 213 cm³/mol. The number of amides is 5. The maximum Gasteiger partial charge on any atom is 0.332 e. The molecule has 5 amide bonds. The maximum atomic E-state index is 14.7. The van der Waals surface area contributed by atoms with E-state index in [0.29, 0.717) is 45.3 Å². The fourth-order valence-electron chi connectivity index (χ4n) is 6.57. The van der Waals surface area contributed by atoms with E-state index in [1.54, 1.807) is 36.8 Å². The van der Waals surface area contributed by atoms with Crippen molar-refractivity contribution in [1.29, 1.82) is 0 Å². The average Bonchev–Trinajstić information content (AvgIpc) is 3.40. The van der Waals surface area contributed by atoms with Crippen LogP contribution in [-0.2, 0) is 23.9 Å². The summed E-state index contributed by atoms with van der Waals surface area (Å²) in [6.45, 7) is 18.6. The molecule has 5 rings (SSSR count). The topological polar surface area (TPSA) is 190 Å². The summed E-state index contributed by atoms with van der Waals surface area (Å²) in [5, 5.41) is 14.2. The van der Waals surface area contributed by atoms with Crippen LogP contribution in [0.4, 0.5) is 9.93 Å². The first-order chi connectivity index (χ1) is 26.2. The number of hydrogen-bond donors (Lipinski definition) is 4. The van der Waals surface area contributed by atoms with Crippen molar-refractivity contribution in [2.75, 3.05) is 26.1 Å². The minimum absolute atomic E-state index is 0.0139. The molecule has 6 atom stereocenters. The van der Waals surface area contributed by atoms with Gasteiger partial charge in [0.25, 0.3) is 0 Å². The second kappa shape index (κ2) is 16.1. The Balaban J connectivity index is 1.51. The predicted octanol–water partition coefficient (Wildman–Crippen LogP) is 5.06. The van der Waals surface area contributed by atoms with Gasteiger partial charge in [-0.05, 0) is 36.3 Å². The molecular formula is C40H53N7O8S. The molecular weight excluding hydrogens is 739 g/mol. The molecule has 3 aromatic rings. The van der Waals surface area contributed by atoms with E-state index in [-0.39, 0.29) is 36.2 Å². The van der Waals surface area contributed by atoms with E-state index >= 15 is 0 Å². The van der Waals surface area contributed by atoms with Crippen molar-refractivity contribution in [2.24, 2.45) is 16.7 Å². The fourth-order valence-corrected chi connectivity index (χ4v) is 7.32. The number of thiazole rings is 1. The number of esters is 1. The quantitative estimate of drug-likeness (QED) is 0.143. The Morgan fingerprint density at radius 2 is 1.73 bits per heavy atom. The highest BCUT2D eigenvalue weighted by molar-refractivity contribution is 7.14. The molecule has 1 saturated carbocycles. The van der Waals surface area contributed by atoms with Gasteiger partial charge in [0.05, 0.1) is 32.0 Å². The van der Waals surface area contributed by atoms with Crippen LogP contribution in [0.5, 0.6) is 11.5 Å². The number of benzene rings is 1. The Bertz CT molecular complexity index is 2020. The number of methoxy groups -OCH3 is 2. The van der Waals surface area contributed by atoms with Gasteiger partial charge in [0.15, 0.2) is 5.13 Å². The molecule has 0 radical (unpaired) electrons. The Morgan fingerprint density at radius 3 is 2.32 bits per heavy atom. The Hall–Kier alpha value is -5.25. The number of fused-ring (bicyclic) bond motifs is 1. The van der Waals surface area contributed by atoms with E-state index in [9.17, 15) is 24.0 Å². The van der Waals surface area contributed by atoms with Gasteiger partial charge < -0.3 is 40.4 Å². The lowest BCUT2D eigenvalue weighted by atomic mass is 9.85. The number of nitrogens with one attached hydrogen (secondary N) is 4.